The number of aromatic amines is 1. The Hall–Kier alpha value is -2.21. The molecule has 0 bridgehead atoms. The quantitative estimate of drug-likeness (QED) is 0.638. The van der Waals surface area contributed by atoms with Crippen molar-refractivity contribution in [2.45, 2.75) is 12.6 Å². The fraction of sp³-hybridized carbons (Fsp3) is 0.167. The lowest BCUT2D eigenvalue weighted by molar-refractivity contribution is 0.174. The molecule has 24 heavy (non-hydrogen) atoms. The van der Waals surface area contributed by atoms with Crippen molar-refractivity contribution in [3.63, 3.8) is 0 Å². The molecule has 0 saturated heterocycles. The largest absolute Gasteiger partial charge is 0.387 e. The molecule has 0 aliphatic rings. The van der Waals surface area contributed by atoms with E-state index in [0.29, 0.717) is 23.7 Å². The number of halogens is 2. The average Bonchev–Trinajstić information content (AvgIpc) is 3.04. The summed E-state index contributed by atoms with van der Waals surface area (Å²) in [6, 6.07) is 13.4. The number of H-pyrrole nitrogens is 1. The van der Waals surface area contributed by atoms with E-state index in [4.69, 9.17) is 11.6 Å². The molecule has 0 spiro atoms. The Morgan fingerprint density at radius 1 is 1.17 bits per heavy atom. The summed E-state index contributed by atoms with van der Waals surface area (Å²) in [4.78, 5) is 0. The van der Waals surface area contributed by atoms with Crippen LogP contribution in [0.15, 0.2) is 54.7 Å². The standard InChI is InChI=1S/C18H17ClFN3O/c19-16-4-2-1-3-15(16)17(24)11-21-9-13-10-22-23-18(13)12-5-7-14(20)8-6-12/h1-8,10,17,21,24H,9,11H2,(H,22,23). The van der Waals surface area contributed by atoms with E-state index in [0.717, 1.165) is 16.8 Å². The maximum atomic E-state index is 13.0. The van der Waals surface area contributed by atoms with Gasteiger partial charge in [-0.15, -0.1) is 0 Å². The first-order valence-electron chi connectivity index (χ1n) is 7.56. The molecule has 0 amide bonds. The van der Waals surface area contributed by atoms with Gasteiger partial charge in [0.25, 0.3) is 0 Å². The highest BCUT2D eigenvalue weighted by Crippen LogP contribution is 2.23. The molecular formula is C18H17ClFN3O. The normalized spacial score (nSPS) is 12.3. The number of rotatable bonds is 6. The van der Waals surface area contributed by atoms with E-state index in [1.807, 2.05) is 12.1 Å². The van der Waals surface area contributed by atoms with Gasteiger partial charge in [0.05, 0.1) is 18.0 Å². The van der Waals surface area contributed by atoms with Crippen LogP contribution in [-0.2, 0) is 6.54 Å². The van der Waals surface area contributed by atoms with Gasteiger partial charge in [0, 0.05) is 34.8 Å². The predicted octanol–water partition coefficient (Wildman–Crippen LogP) is 3.69. The second-order valence-corrected chi connectivity index (χ2v) is 5.85. The first-order chi connectivity index (χ1) is 11.6. The second kappa shape index (κ2) is 7.57. The van der Waals surface area contributed by atoms with Gasteiger partial charge < -0.3 is 10.4 Å². The zero-order chi connectivity index (χ0) is 16.9. The van der Waals surface area contributed by atoms with Crippen LogP contribution in [-0.4, -0.2) is 21.8 Å². The summed E-state index contributed by atoms with van der Waals surface area (Å²) in [6.45, 7) is 0.877. The van der Waals surface area contributed by atoms with Crippen LogP contribution >= 0.6 is 11.6 Å². The van der Waals surface area contributed by atoms with Gasteiger partial charge in [0.1, 0.15) is 5.82 Å². The molecule has 2 aromatic carbocycles. The SMILES string of the molecule is OC(CNCc1cn[nH]c1-c1ccc(F)cc1)c1ccccc1Cl. The Morgan fingerprint density at radius 3 is 2.67 bits per heavy atom. The number of benzene rings is 2. The van der Waals surface area contributed by atoms with Crippen LogP contribution in [0.3, 0.4) is 0 Å². The van der Waals surface area contributed by atoms with Crippen molar-refractivity contribution in [1.82, 2.24) is 15.5 Å². The fourth-order valence-electron chi connectivity index (χ4n) is 2.51. The van der Waals surface area contributed by atoms with Crippen molar-refractivity contribution in [3.8, 4) is 11.3 Å². The number of aliphatic hydroxyl groups excluding tert-OH is 1. The molecular weight excluding hydrogens is 329 g/mol. The smallest absolute Gasteiger partial charge is 0.123 e. The number of aromatic nitrogens is 2. The third-order valence-corrected chi connectivity index (χ3v) is 4.11. The lowest BCUT2D eigenvalue weighted by atomic mass is 10.1. The summed E-state index contributed by atoms with van der Waals surface area (Å²) >= 11 is 6.08. The van der Waals surface area contributed by atoms with Gasteiger partial charge in [-0.2, -0.15) is 5.10 Å². The highest BCUT2D eigenvalue weighted by molar-refractivity contribution is 6.31. The van der Waals surface area contributed by atoms with Gasteiger partial charge >= 0.3 is 0 Å². The number of hydrogen-bond donors (Lipinski definition) is 3. The molecule has 6 heteroatoms. The molecule has 3 N–H and O–H groups in total. The van der Waals surface area contributed by atoms with Gasteiger partial charge in [-0.25, -0.2) is 4.39 Å². The van der Waals surface area contributed by atoms with E-state index >= 15 is 0 Å². The van der Waals surface area contributed by atoms with Crippen molar-refractivity contribution >= 4 is 11.6 Å². The molecule has 0 fully saturated rings. The van der Waals surface area contributed by atoms with Gasteiger partial charge in [0.15, 0.2) is 0 Å². The van der Waals surface area contributed by atoms with Gasteiger partial charge in [-0.3, -0.25) is 5.10 Å². The molecule has 1 unspecified atom stereocenters. The van der Waals surface area contributed by atoms with E-state index in [1.54, 1.807) is 30.5 Å². The molecule has 0 aliphatic heterocycles. The lowest BCUT2D eigenvalue weighted by Gasteiger charge is -2.13. The minimum atomic E-state index is -0.695. The van der Waals surface area contributed by atoms with E-state index < -0.39 is 6.10 Å². The van der Waals surface area contributed by atoms with Crippen LogP contribution in [0.1, 0.15) is 17.2 Å². The number of hydrogen-bond acceptors (Lipinski definition) is 3. The fourth-order valence-corrected chi connectivity index (χ4v) is 2.77. The topological polar surface area (TPSA) is 60.9 Å². The molecule has 4 nitrogen and oxygen atoms in total. The van der Waals surface area contributed by atoms with Crippen LogP contribution in [0.2, 0.25) is 5.02 Å². The zero-order valence-corrected chi connectivity index (χ0v) is 13.6. The summed E-state index contributed by atoms with van der Waals surface area (Å²) in [5, 5.41) is 20.9. The molecule has 1 atom stereocenters. The maximum Gasteiger partial charge on any atom is 0.123 e. The predicted molar refractivity (Wildman–Crippen MR) is 92.1 cm³/mol. The third-order valence-electron chi connectivity index (χ3n) is 3.77. The van der Waals surface area contributed by atoms with E-state index in [9.17, 15) is 9.50 Å². The Labute approximate surface area is 144 Å². The number of nitrogens with zero attached hydrogens (tertiary/aromatic N) is 1. The Bertz CT molecular complexity index is 804. The van der Waals surface area contributed by atoms with Crippen molar-refractivity contribution in [2.75, 3.05) is 6.54 Å². The zero-order valence-electron chi connectivity index (χ0n) is 12.8. The van der Waals surface area contributed by atoms with Crippen molar-refractivity contribution in [2.24, 2.45) is 0 Å². The average molecular weight is 346 g/mol. The lowest BCUT2D eigenvalue weighted by Crippen LogP contribution is -2.21. The minimum Gasteiger partial charge on any atom is -0.387 e. The minimum absolute atomic E-state index is 0.277. The maximum absolute atomic E-state index is 13.0. The second-order valence-electron chi connectivity index (χ2n) is 5.45. The molecule has 1 heterocycles. The molecule has 3 rings (SSSR count). The Kier molecular flexibility index (Phi) is 5.25. The van der Waals surface area contributed by atoms with Crippen molar-refractivity contribution < 1.29 is 9.50 Å². The molecule has 0 radical (unpaired) electrons. The summed E-state index contributed by atoms with van der Waals surface area (Å²) in [5.41, 5.74) is 3.32. The summed E-state index contributed by atoms with van der Waals surface area (Å²) in [6.07, 6.45) is 1.02. The highest BCUT2D eigenvalue weighted by atomic mass is 35.5. The van der Waals surface area contributed by atoms with Crippen LogP contribution in [0.25, 0.3) is 11.3 Å². The van der Waals surface area contributed by atoms with Crippen molar-refractivity contribution in [3.05, 3.63) is 76.7 Å². The molecule has 0 saturated carbocycles. The van der Waals surface area contributed by atoms with Crippen molar-refractivity contribution in [1.29, 1.82) is 0 Å². The monoisotopic (exact) mass is 345 g/mol. The van der Waals surface area contributed by atoms with Gasteiger partial charge in [-0.05, 0) is 30.3 Å². The number of nitrogens with one attached hydrogen (secondary N) is 2. The summed E-state index contributed by atoms with van der Waals surface area (Å²) in [5.74, 6) is -0.277. The Morgan fingerprint density at radius 2 is 1.92 bits per heavy atom. The number of aliphatic hydroxyl groups is 1. The summed E-state index contributed by atoms with van der Waals surface area (Å²) < 4.78 is 13.0. The first kappa shape index (κ1) is 16.6. The first-order valence-corrected chi connectivity index (χ1v) is 7.94. The van der Waals surface area contributed by atoms with E-state index in [-0.39, 0.29) is 5.82 Å². The van der Waals surface area contributed by atoms with E-state index in [2.05, 4.69) is 15.5 Å². The third kappa shape index (κ3) is 3.82. The highest BCUT2D eigenvalue weighted by Gasteiger charge is 2.12. The molecule has 1 aromatic heterocycles. The molecule has 3 aromatic rings. The van der Waals surface area contributed by atoms with Crippen LogP contribution in [0.4, 0.5) is 4.39 Å². The van der Waals surface area contributed by atoms with Crippen LogP contribution in [0, 0.1) is 5.82 Å². The molecule has 124 valence electrons. The Balaban J connectivity index is 1.63. The summed E-state index contributed by atoms with van der Waals surface area (Å²) in [7, 11) is 0. The van der Waals surface area contributed by atoms with E-state index in [1.165, 1.54) is 12.1 Å². The molecule has 0 aliphatic carbocycles. The van der Waals surface area contributed by atoms with Crippen LogP contribution in [0.5, 0.6) is 0 Å². The van der Waals surface area contributed by atoms with Crippen LogP contribution < -0.4 is 5.32 Å². The van der Waals surface area contributed by atoms with Gasteiger partial charge in [-0.1, -0.05) is 29.8 Å². The van der Waals surface area contributed by atoms with Gasteiger partial charge in [0.2, 0.25) is 0 Å².